The fraction of sp³-hybridized carbons (Fsp3) is 0.562. The number of carboxylic acids is 1. The van der Waals surface area contributed by atoms with Crippen molar-refractivity contribution in [2.45, 2.75) is 37.5 Å². The highest BCUT2D eigenvalue weighted by molar-refractivity contribution is 6.40. The second kappa shape index (κ2) is 11.2. The Morgan fingerprint density at radius 2 is 1.88 bits per heavy atom. The summed E-state index contributed by atoms with van der Waals surface area (Å²) in [6, 6.07) is 7.48. The van der Waals surface area contributed by atoms with Crippen molar-refractivity contribution in [1.82, 2.24) is 0 Å². The third-order valence-corrected chi connectivity index (χ3v) is 5.06. The SMILES string of the molecule is Cl.Cl.N[C@](CCCCB(O)O)(C(=O)O)C1CCN(c2ccc(Cl)cc2)C1. The molecule has 148 valence electrons. The lowest BCUT2D eigenvalue weighted by Crippen LogP contribution is -2.55. The molecule has 2 rings (SSSR count). The average molecular weight is 428 g/mol. The molecule has 6 nitrogen and oxygen atoms in total. The van der Waals surface area contributed by atoms with Crippen molar-refractivity contribution in [2.24, 2.45) is 11.7 Å². The molecule has 1 aromatic carbocycles. The normalized spacial score (nSPS) is 18.5. The number of hydrogen-bond acceptors (Lipinski definition) is 5. The highest BCUT2D eigenvalue weighted by atomic mass is 35.5. The van der Waals surface area contributed by atoms with Gasteiger partial charge in [0.15, 0.2) is 0 Å². The molecule has 0 amide bonds. The summed E-state index contributed by atoms with van der Waals surface area (Å²) in [5.74, 6) is -1.14. The molecule has 0 aliphatic carbocycles. The number of aliphatic carboxylic acids is 1. The number of nitrogens with zero attached hydrogens (tertiary/aromatic N) is 1. The van der Waals surface area contributed by atoms with Gasteiger partial charge in [0.2, 0.25) is 0 Å². The molecule has 1 aliphatic rings. The van der Waals surface area contributed by atoms with E-state index in [0.717, 1.165) is 12.2 Å². The van der Waals surface area contributed by atoms with Crippen LogP contribution in [0.3, 0.4) is 0 Å². The fourth-order valence-electron chi connectivity index (χ4n) is 3.30. The number of rotatable bonds is 8. The molecule has 1 aliphatic heterocycles. The monoisotopic (exact) mass is 426 g/mol. The van der Waals surface area contributed by atoms with Crippen molar-refractivity contribution in [3.05, 3.63) is 29.3 Å². The van der Waals surface area contributed by atoms with E-state index in [2.05, 4.69) is 4.90 Å². The summed E-state index contributed by atoms with van der Waals surface area (Å²) in [5, 5.41) is 28.1. The van der Waals surface area contributed by atoms with Crippen LogP contribution in [0.4, 0.5) is 5.69 Å². The second-order valence-corrected chi connectivity index (χ2v) is 6.92. The first-order chi connectivity index (χ1) is 11.3. The molecule has 26 heavy (non-hydrogen) atoms. The molecule has 0 radical (unpaired) electrons. The van der Waals surface area contributed by atoms with E-state index >= 15 is 0 Å². The Morgan fingerprint density at radius 3 is 2.42 bits per heavy atom. The first-order valence-electron chi connectivity index (χ1n) is 8.22. The molecular formula is C16H26BCl3N2O4. The molecule has 10 heteroatoms. The number of benzene rings is 1. The molecule has 0 saturated carbocycles. The van der Waals surface area contributed by atoms with Crippen molar-refractivity contribution in [3.63, 3.8) is 0 Å². The zero-order valence-electron chi connectivity index (χ0n) is 14.4. The smallest absolute Gasteiger partial charge is 0.451 e. The quantitative estimate of drug-likeness (QED) is 0.375. The first-order valence-corrected chi connectivity index (χ1v) is 8.59. The highest BCUT2D eigenvalue weighted by Gasteiger charge is 2.44. The Hall–Kier alpha value is -0.695. The zero-order valence-corrected chi connectivity index (χ0v) is 16.8. The van der Waals surface area contributed by atoms with Gasteiger partial charge in [-0.2, -0.15) is 0 Å². The summed E-state index contributed by atoms with van der Waals surface area (Å²) >= 11 is 5.90. The van der Waals surface area contributed by atoms with Gasteiger partial charge in [0.1, 0.15) is 5.54 Å². The van der Waals surface area contributed by atoms with Crippen LogP contribution < -0.4 is 10.6 Å². The van der Waals surface area contributed by atoms with Crippen LogP contribution in [0.25, 0.3) is 0 Å². The highest BCUT2D eigenvalue weighted by Crippen LogP contribution is 2.33. The molecule has 0 spiro atoms. The standard InChI is InChI=1S/C16H24BClN2O4.2ClH/c18-13-3-5-14(6-4-13)20-10-7-12(11-20)16(19,15(21)22)8-1-2-9-17(23)24;;/h3-6,12,23-24H,1-2,7-11,19H2,(H,21,22);2*1H/t12?,16-;;/m0../s1. The molecule has 1 saturated heterocycles. The van der Waals surface area contributed by atoms with Crippen molar-refractivity contribution < 1.29 is 19.9 Å². The number of hydrogen-bond donors (Lipinski definition) is 4. The maximum Gasteiger partial charge on any atom is 0.451 e. The van der Waals surface area contributed by atoms with E-state index in [1.54, 1.807) is 0 Å². The summed E-state index contributed by atoms with van der Waals surface area (Å²) in [5.41, 5.74) is 5.98. The topological polar surface area (TPSA) is 107 Å². The van der Waals surface area contributed by atoms with Gasteiger partial charge in [-0.25, -0.2) is 0 Å². The Bertz CT molecular complexity index is 565. The summed E-state index contributed by atoms with van der Waals surface area (Å²) in [4.78, 5) is 13.9. The van der Waals surface area contributed by atoms with Gasteiger partial charge < -0.3 is 25.8 Å². The van der Waals surface area contributed by atoms with Crippen LogP contribution in [0.1, 0.15) is 25.7 Å². The lowest BCUT2D eigenvalue weighted by molar-refractivity contribution is -0.145. The Kier molecular flexibility index (Phi) is 10.9. The Morgan fingerprint density at radius 1 is 1.27 bits per heavy atom. The van der Waals surface area contributed by atoms with Crippen molar-refractivity contribution in [3.8, 4) is 0 Å². The predicted molar refractivity (Wildman–Crippen MR) is 110 cm³/mol. The summed E-state index contributed by atoms with van der Waals surface area (Å²) in [6.07, 6.45) is 2.37. The third-order valence-electron chi connectivity index (χ3n) is 4.81. The van der Waals surface area contributed by atoms with Crippen LogP contribution in [0, 0.1) is 5.92 Å². The molecular weight excluding hydrogens is 401 g/mol. The van der Waals surface area contributed by atoms with E-state index in [4.69, 9.17) is 27.4 Å². The number of unbranched alkanes of at least 4 members (excludes halogenated alkanes) is 1. The summed E-state index contributed by atoms with van der Waals surface area (Å²) in [7, 11) is -1.35. The van der Waals surface area contributed by atoms with Gasteiger partial charge in [0, 0.05) is 29.7 Å². The summed E-state index contributed by atoms with van der Waals surface area (Å²) < 4.78 is 0. The maximum atomic E-state index is 11.8. The Labute approximate surface area is 171 Å². The van der Waals surface area contributed by atoms with Crippen LogP contribution >= 0.6 is 36.4 Å². The molecule has 2 atom stereocenters. The predicted octanol–water partition coefficient (Wildman–Crippen LogP) is 2.44. The van der Waals surface area contributed by atoms with E-state index in [0.29, 0.717) is 37.3 Å². The minimum atomic E-state index is -1.35. The first kappa shape index (κ1) is 25.3. The van der Waals surface area contributed by atoms with E-state index in [1.165, 1.54) is 0 Å². The van der Waals surface area contributed by atoms with Gasteiger partial charge in [-0.1, -0.05) is 24.4 Å². The van der Waals surface area contributed by atoms with Gasteiger partial charge in [0.05, 0.1) is 0 Å². The number of carbonyl (C=O) groups is 1. The largest absolute Gasteiger partial charge is 0.480 e. The van der Waals surface area contributed by atoms with Crippen molar-refractivity contribution in [1.29, 1.82) is 0 Å². The molecule has 0 aromatic heterocycles. The molecule has 1 heterocycles. The Balaban J connectivity index is 0.00000312. The molecule has 1 aromatic rings. The van der Waals surface area contributed by atoms with Crippen molar-refractivity contribution >= 4 is 55.2 Å². The minimum absolute atomic E-state index is 0. The van der Waals surface area contributed by atoms with Crippen LogP contribution in [-0.2, 0) is 4.79 Å². The lowest BCUT2D eigenvalue weighted by Gasteiger charge is -2.31. The van der Waals surface area contributed by atoms with Crippen LogP contribution in [-0.4, -0.2) is 46.9 Å². The summed E-state index contributed by atoms with van der Waals surface area (Å²) in [6.45, 7) is 1.35. The van der Waals surface area contributed by atoms with Crippen molar-refractivity contribution in [2.75, 3.05) is 18.0 Å². The van der Waals surface area contributed by atoms with Gasteiger partial charge in [-0.05, 0) is 43.4 Å². The fourth-order valence-corrected chi connectivity index (χ4v) is 3.42. The lowest BCUT2D eigenvalue weighted by atomic mass is 9.77. The van der Waals surface area contributed by atoms with Gasteiger partial charge in [-0.15, -0.1) is 24.8 Å². The third kappa shape index (κ3) is 6.48. The van der Waals surface area contributed by atoms with E-state index in [1.807, 2.05) is 24.3 Å². The van der Waals surface area contributed by atoms with Crippen LogP contribution in [0.5, 0.6) is 0 Å². The second-order valence-electron chi connectivity index (χ2n) is 6.48. The van der Waals surface area contributed by atoms with Gasteiger partial charge in [0.25, 0.3) is 0 Å². The number of nitrogens with two attached hydrogens (primary N) is 1. The van der Waals surface area contributed by atoms with Crippen LogP contribution in [0.15, 0.2) is 24.3 Å². The average Bonchev–Trinajstić information content (AvgIpc) is 3.02. The minimum Gasteiger partial charge on any atom is -0.480 e. The number of anilines is 1. The molecule has 0 bridgehead atoms. The molecule has 1 fully saturated rings. The number of halogens is 3. The maximum absolute atomic E-state index is 11.8. The van der Waals surface area contributed by atoms with Gasteiger partial charge >= 0.3 is 13.1 Å². The molecule has 1 unspecified atom stereocenters. The molecule has 5 N–H and O–H groups in total. The van der Waals surface area contributed by atoms with Crippen LogP contribution in [0.2, 0.25) is 11.3 Å². The van der Waals surface area contributed by atoms with E-state index < -0.39 is 18.6 Å². The van der Waals surface area contributed by atoms with E-state index in [9.17, 15) is 9.90 Å². The van der Waals surface area contributed by atoms with E-state index in [-0.39, 0.29) is 37.1 Å². The van der Waals surface area contributed by atoms with Gasteiger partial charge in [-0.3, -0.25) is 4.79 Å². The number of carboxylic acid groups (broad SMARTS) is 1. The zero-order chi connectivity index (χ0) is 17.7.